The predicted molar refractivity (Wildman–Crippen MR) is 110 cm³/mol. The first-order valence-electron chi connectivity index (χ1n) is 10.1. The quantitative estimate of drug-likeness (QED) is 0.443. The van der Waals surface area contributed by atoms with Crippen LogP contribution in [0.25, 0.3) is 0 Å². The molecule has 0 aliphatic carbocycles. The monoisotopic (exact) mass is 397 g/mol. The molecule has 3 rings (SSSR count). The lowest BCUT2D eigenvalue weighted by Crippen LogP contribution is -2.35. The van der Waals surface area contributed by atoms with Crippen LogP contribution in [-0.4, -0.2) is 43.1 Å². The molecule has 0 fully saturated rings. The predicted octanol–water partition coefficient (Wildman–Crippen LogP) is 4.25. The molecule has 1 atom stereocenters. The van der Waals surface area contributed by atoms with Crippen molar-refractivity contribution >= 4 is 11.8 Å². The summed E-state index contributed by atoms with van der Waals surface area (Å²) < 4.78 is 16.9. The van der Waals surface area contributed by atoms with E-state index in [9.17, 15) is 9.59 Å². The molecule has 2 aromatic carbocycles. The van der Waals surface area contributed by atoms with Gasteiger partial charge in [0.2, 0.25) is 0 Å². The van der Waals surface area contributed by atoms with Crippen molar-refractivity contribution < 1.29 is 23.8 Å². The second kappa shape index (κ2) is 9.56. The molecule has 0 aromatic heterocycles. The van der Waals surface area contributed by atoms with E-state index in [4.69, 9.17) is 14.2 Å². The zero-order chi connectivity index (χ0) is 20.8. The number of hydrogen-bond acceptors (Lipinski definition) is 5. The summed E-state index contributed by atoms with van der Waals surface area (Å²) in [6.07, 6.45) is 0.499. The average molecular weight is 397 g/mol. The summed E-state index contributed by atoms with van der Waals surface area (Å²) in [6, 6.07) is 12.0. The van der Waals surface area contributed by atoms with Crippen molar-refractivity contribution in [3.05, 3.63) is 59.2 Å². The van der Waals surface area contributed by atoms with Crippen molar-refractivity contribution in [2.45, 2.75) is 33.2 Å². The van der Waals surface area contributed by atoms with E-state index in [1.165, 1.54) is 4.90 Å². The van der Waals surface area contributed by atoms with Crippen molar-refractivity contribution in [3.8, 4) is 11.5 Å². The van der Waals surface area contributed by atoms with Crippen LogP contribution in [0.1, 0.15) is 59.5 Å². The highest BCUT2D eigenvalue weighted by molar-refractivity contribution is 6.21. The topological polar surface area (TPSA) is 65.1 Å². The number of imide groups is 1. The molecule has 2 aromatic rings. The third-order valence-electron chi connectivity index (χ3n) is 4.83. The molecule has 6 nitrogen and oxygen atoms in total. The van der Waals surface area contributed by atoms with Crippen molar-refractivity contribution in [2.24, 2.45) is 0 Å². The molecule has 6 heteroatoms. The molecule has 1 unspecified atom stereocenters. The smallest absolute Gasteiger partial charge is 0.262 e. The van der Waals surface area contributed by atoms with Gasteiger partial charge in [0, 0.05) is 13.2 Å². The minimum absolute atomic E-state index is 0.279. The lowest BCUT2D eigenvalue weighted by atomic mass is 10.0. The maximum Gasteiger partial charge on any atom is 0.262 e. The van der Waals surface area contributed by atoms with Crippen LogP contribution < -0.4 is 9.47 Å². The Labute approximate surface area is 171 Å². The highest BCUT2D eigenvalue weighted by Gasteiger charge is 2.40. The van der Waals surface area contributed by atoms with Gasteiger partial charge in [-0.15, -0.1) is 0 Å². The molecule has 154 valence electrons. The zero-order valence-electron chi connectivity index (χ0n) is 17.1. The molecule has 0 spiro atoms. The average Bonchev–Trinajstić information content (AvgIpc) is 2.98. The van der Waals surface area contributed by atoms with E-state index in [1.807, 2.05) is 39.0 Å². The number of ether oxygens (including phenoxy) is 3. The van der Waals surface area contributed by atoms with Crippen LogP contribution >= 0.6 is 0 Å². The van der Waals surface area contributed by atoms with Crippen molar-refractivity contribution in [1.29, 1.82) is 0 Å². The normalized spacial score (nSPS) is 14.1. The van der Waals surface area contributed by atoms with Gasteiger partial charge in [0.1, 0.15) is 0 Å². The van der Waals surface area contributed by atoms with Crippen LogP contribution in [0.2, 0.25) is 0 Å². The van der Waals surface area contributed by atoms with E-state index in [0.29, 0.717) is 55.5 Å². The molecule has 29 heavy (non-hydrogen) atoms. The van der Waals surface area contributed by atoms with Crippen molar-refractivity contribution in [2.75, 3.05) is 26.4 Å². The highest BCUT2D eigenvalue weighted by Crippen LogP contribution is 2.37. The molecule has 0 bridgehead atoms. The van der Waals surface area contributed by atoms with Gasteiger partial charge in [-0.3, -0.25) is 14.5 Å². The Morgan fingerprint density at radius 1 is 0.828 bits per heavy atom. The maximum absolute atomic E-state index is 13.0. The van der Waals surface area contributed by atoms with Gasteiger partial charge in [-0.1, -0.05) is 18.2 Å². The Kier molecular flexibility index (Phi) is 6.88. The van der Waals surface area contributed by atoms with E-state index in [0.717, 1.165) is 5.56 Å². The number of carbonyl (C=O) groups is 2. The summed E-state index contributed by atoms with van der Waals surface area (Å²) in [5.74, 6) is 0.687. The number of rotatable bonds is 10. The molecule has 0 saturated heterocycles. The number of nitrogens with zero attached hydrogens (tertiary/aromatic N) is 1. The summed E-state index contributed by atoms with van der Waals surface area (Å²) in [5, 5.41) is 0. The standard InChI is InChI=1S/C23H27NO5/c1-4-27-14-13-19(16-11-12-20(28-5-2)21(15-16)29-6-3)24-22(25)17-9-7-8-10-18(17)23(24)26/h7-12,15,19H,4-6,13-14H2,1-3H3. The van der Waals surface area contributed by atoms with Crippen LogP contribution in [0.3, 0.4) is 0 Å². The highest BCUT2D eigenvalue weighted by atomic mass is 16.5. The molecule has 0 radical (unpaired) electrons. The van der Waals surface area contributed by atoms with E-state index >= 15 is 0 Å². The summed E-state index contributed by atoms with van der Waals surface area (Å²) in [4.78, 5) is 27.4. The second-order valence-corrected chi connectivity index (χ2v) is 6.60. The first kappa shape index (κ1) is 20.9. The number of hydrogen-bond donors (Lipinski definition) is 0. The molecule has 1 aliphatic rings. The minimum atomic E-state index is -0.455. The van der Waals surface area contributed by atoms with Crippen LogP contribution in [-0.2, 0) is 4.74 Å². The van der Waals surface area contributed by atoms with E-state index in [-0.39, 0.29) is 11.8 Å². The van der Waals surface area contributed by atoms with Crippen LogP contribution in [0.15, 0.2) is 42.5 Å². The lowest BCUT2D eigenvalue weighted by Gasteiger charge is -2.27. The lowest BCUT2D eigenvalue weighted by molar-refractivity contribution is 0.0529. The van der Waals surface area contributed by atoms with E-state index in [1.54, 1.807) is 24.3 Å². The van der Waals surface area contributed by atoms with Gasteiger partial charge in [0.15, 0.2) is 11.5 Å². The maximum atomic E-state index is 13.0. The zero-order valence-corrected chi connectivity index (χ0v) is 17.1. The van der Waals surface area contributed by atoms with Gasteiger partial charge in [-0.2, -0.15) is 0 Å². The summed E-state index contributed by atoms with van der Waals surface area (Å²) in [7, 11) is 0. The third kappa shape index (κ3) is 4.27. The Bertz CT molecular complexity index is 844. The molecule has 1 aliphatic heterocycles. The van der Waals surface area contributed by atoms with Gasteiger partial charge in [-0.05, 0) is 57.0 Å². The third-order valence-corrected chi connectivity index (χ3v) is 4.83. The fraction of sp³-hybridized carbons (Fsp3) is 0.391. The SMILES string of the molecule is CCOCCC(c1ccc(OCC)c(OCC)c1)N1C(=O)c2ccccc2C1=O. The van der Waals surface area contributed by atoms with Gasteiger partial charge in [-0.25, -0.2) is 0 Å². The van der Waals surface area contributed by atoms with Gasteiger partial charge in [0.05, 0.1) is 30.4 Å². The Morgan fingerprint density at radius 2 is 1.45 bits per heavy atom. The summed E-state index contributed by atoms with van der Waals surface area (Å²) in [5.41, 5.74) is 1.69. The largest absolute Gasteiger partial charge is 0.490 e. The first-order valence-corrected chi connectivity index (χ1v) is 10.1. The number of amides is 2. The van der Waals surface area contributed by atoms with Gasteiger partial charge in [0.25, 0.3) is 11.8 Å². The Hall–Kier alpha value is -2.86. The molecular formula is C23H27NO5. The molecule has 0 saturated carbocycles. The van der Waals surface area contributed by atoms with Crippen LogP contribution in [0.5, 0.6) is 11.5 Å². The van der Waals surface area contributed by atoms with Gasteiger partial charge >= 0.3 is 0 Å². The number of benzene rings is 2. The molecule has 2 amide bonds. The van der Waals surface area contributed by atoms with Gasteiger partial charge < -0.3 is 14.2 Å². The Morgan fingerprint density at radius 3 is 2.03 bits per heavy atom. The number of carbonyl (C=O) groups excluding carboxylic acids is 2. The van der Waals surface area contributed by atoms with Crippen molar-refractivity contribution in [1.82, 2.24) is 4.90 Å². The van der Waals surface area contributed by atoms with E-state index in [2.05, 4.69) is 0 Å². The minimum Gasteiger partial charge on any atom is -0.490 e. The number of fused-ring (bicyclic) bond motifs is 1. The second-order valence-electron chi connectivity index (χ2n) is 6.60. The van der Waals surface area contributed by atoms with Crippen LogP contribution in [0.4, 0.5) is 0 Å². The Balaban J connectivity index is 1.99. The van der Waals surface area contributed by atoms with Crippen molar-refractivity contribution in [3.63, 3.8) is 0 Å². The fourth-order valence-electron chi connectivity index (χ4n) is 3.55. The van der Waals surface area contributed by atoms with Crippen LogP contribution in [0, 0.1) is 0 Å². The fourth-order valence-corrected chi connectivity index (χ4v) is 3.55. The summed E-state index contributed by atoms with van der Waals surface area (Å²) in [6.45, 7) is 7.74. The van der Waals surface area contributed by atoms with E-state index < -0.39 is 6.04 Å². The summed E-state index contributed by atoms with van der Waals surface area (Å²) >= 11 is 0. The first-order chi connectivity index (χ1) is 14.1. The molecular weight excluding hydrogens is 370 g/mol. The molecule has 1 heterocycles. The molecule has 0 N–H and O–H groups in total.